The average molecular weight is 266 g/mol. The van der Waals surface area contributed by atoms with Gasteiger partial charge in [-0.05, 0) is 48.9 Å². The van der Waals surface area contributed by atoms with E-state index < -0.39 is 0 Å². The van der Waals surface area contributed by atoms with Gasteiger partial charge in [0.05, 0.1) is 0 Å². The summed E-state index contributed by atoms with van der Waals surface area (Å²) in [4.78, 5) is 0. The lowest BCUT2D eigenvalue weighted by molar-refractivity contribution is 0.0671. The molecule has 0 aliphatic heterocycles. The van der Waals surface area contributed by atoms with E-state index in [1.807, 2.05) is 0 Å². The van der Waals surface area contributed by atoms with Gasteiger partial charge in [0.1, 0.15) is 0 Å². The molecule has 0 bridgehead atoms. The summed E-state index contributed by atoms with van der Waals surface area (Å²) in [6.07, 6.45) is 9.29. The molecule has 0 aromatic carbocycles. The lowest BCUT2D eigenvalue weighted by atomic mass is 9.62. The Balaban J connectivity index is 2.26. The van der Waals surface area contributed by atoms with E-state index in [0.29, 0.717) is 29.8 Å². The molecule has 2 aliphatic carbocycles. The zero-order chi connectivity index (χ0) is 14.0. The summed E-state index contributed by atoms with van der Waals surface area (Å²) < 4.78 is 0. The molecule has 7 atom stereocenters. The second-order valence-corrected chi connectivity index (χ2v) is 7.51. The lowest BCUT2D eigenvalue weighted by Gasteiger charge is -2.46. The Morgan fingerprint density at radius 3 is 2.11 bits per heavy atom. The van der Waals surface area contributed by atoms with Crippen LogP contribution in [0.5, 0.6) is 0 Å². The van der Waals surface area contributed by atoms with Crippen molar-refractivity contribution in [1.29, 1.82) is 0 Å². The third-order valence-corrected chi connectivity index (χ3v) is 6.25. The van der Waals surface area contributed by atoms with Crippen molar-refractivity contribution >= 4 is 0 Å². The summed E-state index contributed by atoms with van der Waals surface area (Å²) in [5, 5.41) is 0. The van der Waals surface area contributed by atoms with Crippen LogP contribution in [0.25, 0.3) is 0 Å². The van der Waals surface area contributed by atoms with Gasteiger partial charge in [0, 0.05) is 12.1 Å². The third-order valence-electron chi connectivity index (χ3n) is 6.25. The van der Waals surface area contributed by atoms with Crippen molar-refractivity contribution in [1.82, 2.24) is 0 Å². The number of fused-ring (bicyclic) bond motifs is 1. The van der Waals surface area contributed by atoms with Crippen LogP contribution in [0.1, 0.15) is 65.7 Å². The number of hydrogen-bond acceptors (Lipinski definition) is 2. The van der Waals surface area contributed by atoms with E-state index in [9.17, 15) is 0 Å². The van der Waals surface area contributed by atoms with Crippen LogP contribution in [0.2, 0.25) is 0 Å². The molecule has 4 N–H and O–H groups in total. The number of hydrogen-bond donors (Lipinski definition) is 2. The van der Waals surface area contributed by atoms with Gasteiger partial charge in [-0.3, -0.25) is 0 Å². The van der Waals surface area contributed by atoms with Gasteiger partial charge in [-0.2, -0.15) is 0 Å². The number of rotatable bonds is 0. The highest BCUT2D eigenvalue weighted by Gasteiger charge is 2.40. The van der Waals surface area contributed by atoms with E-state index in [2.05, 4.69) is 20.8 Å². The van der Waals surface area contributed by atoms with Crippen molar-refractivity contribution in [2.45, 2.75) is 77.8 Å². The third kappa shape index (κ3) is 3.33. The van der Waals surface area contributed by atoms with E-state index in [1.165, 1.54) is 44.9 Å². The first kappa shape index (κ1) is 15.3. The Hall–Kier alpha value is -0.0800. The van der Waals surface area contributed by atoms with E-state index in [1.54, 1.807) is 0 Å². The molecule has 0 amide bonds. The van der Waals surface area contributed by atoms with E-state index in [0.717, 1.165) is 11.8 Å². The molecule has 2 heteroatoms. The summed E-state index contributed by atoms with van der Waals surface area (Å²) in [6, 6.07) is 0.713. The molecule has 0 aromatic rings. The van der Waals surface area contributed by atoms with Gasteiger partial charge in [0.2, 0.25) is 0 Å². The van der Waals surface area contributed by atoms with Crippen LogP contribution in [0.4, 0.5) is 0 Å². The minimum Gasteiger partial charge on any atom is -0.327 e. The SMILES string of the molecule is CC1CCCC(C)C2CCCCC(N)[C@H](C)C2C1N. The Kier molecular flexibility index (Phi) is 5.30. The fourth-order valence-corrected chi connectivity index (χ4v) is 4.74. The molecule has 0 spiro atoms. The van der Waals surface area contributed by atoms with Gasteiger partial charge in [0.25, 0.3) is 0 Å². The molecular weight excluding hydrogens is 232 g/mol. The highest BCUT2D eigenvalue weighted by molar-refractivity contribution is 4.94. The van der Waals surface area contributed by atoms with Crippen molar-refractivity contribution in [2.24, 2.45) is 41.1 Å². The van der Waals surface area contributed by atoms with Crippen molar-refractivity contribution in [3.05, 3.63) is 0 Å². The fourth-order valence-electron chi connectivity index (χ4n) is 4.74. The summed E-state index contributed by atoms with van der Waals surface area (Å²) in [5.74, 6) is 3.52. The topological polar surface area (TPSA) is 52.0 Å². The van der Waals surface area contributed by atoms with Crippen LogP contribution in [-0.4, -0.2) is 12.1 Å². The normalized spacial score (nSPS) is 49.4. The largest absolute Gasteiger partial charge is 0.327 e. The zero-order valence-electron chi connectivity index (χ0n) is 13.1. The second-order valence-electron chi connectivity index (χ2n) is 7.51. The van der Waals surface area contributed by atoms with Gasteiger partial charge in [0.15, 0.2) is 0 Å². The summed E-state index contributed by atoms with van der Waals surface area (Å²) in [6.45, 7) is 7.18. The Bertz CT molecular complexity index is 268. The monoisotopic (exact) mass is 266 g/mol. The molecule has 2 aliphatic rings. The van der Waals surface area contributed by atoms with Crippen LogP contribution in [0.3, 0.4) is 0 Å². The molecule has 2 nitrogen and oxygen atoms in total. The first-order chi connectivity index (χ1) is 9.02. The molecule has 0 radical (unpaired) electrons. The van der Waals surface area contributed by atoms with Crippen LogP contribution in [-0.2, 0) is 0 Å². The minimum absolute atomic E-state index is 0.354. The van der Waals surface area contributed by atoms with Gasteiger partial charge in [-0.1, -0.05) is 46.5 Å². The highest BCUT2D eigenvalue weighted by Crippen LogP contribution is 2.43. The van der Waals surface area contributed by atoms with Gasteiger partial charge >= 0.3 is 0 Å². The average Bonchev–Trinajstić information content (AvgIpc) is 2.37. The predicted molar refractivity (Wildman–Crippen MR) is 82.7 cm³/mol. The van der Waals surface area contributed by atoms with Crippen LogP contribution < -0.4 is 11.5 Å². The molecule has 2 rings (SSSR count). The Labute approximate surface area is 119 Å². The van der Waals surface area contributed by atoms with Crippen LogP contribution >= 0.6 is 0 Å². The quantitative estimate of drug-likeness (QED) is 0.704. The maximum absolute atomic E-state index is 6.68. The maximum atomic E-state index is 6.68. The minimum atomic E-state index is 0.354. The Morgan fingerprint density at radius 1 is 0.737 bits per heavy atom. The smallest absolute Gasteiger partial charge is 0.00988 e. The van der Waals surface area contributed by atoms with Gasteiger partial charge in [-0.15, -0.1) is 0 Å². The van der Waals surface area contributed by atoms with Crippen LogP contribution in [0.15, 0.2) is 0 Å². The predicted octanol–water partition coefficient (Wildman–Crippen LogP) is 3.54. The molecule has 112 valence electrons. The lowest BCUT2D eigenvalue weighted by Crippen LogP contribution is -2.51. The summed E-state index contributed by atoms with van der Waals surface area (Å²) in [5.41, 5.74) is 13.1. The molecule has 6 unspecified atom stereocenters. The molecular formula is C17H34N2. The molecule has 2 fully saturated rings. The van der Waals surface area contributed by atoms with E-state index in [-0.39, 0.29) is 0 Å². The summed E-state index contributed by atoms with van der Waals surface area (Å²) in [7, 11) is 0. The first-order valence-electron chi connectivity index (χ1n) is 8.53. The molecule has 2 saturated carbocycles. The van der Waals surface area contributed by atoms with Crippen molar-refractivity contribution in [3.63, 3.8) is 0 Å². The van der Waals surface area contributed by atoms with Crippen molar-refractivity contribution in [2.75, 3.05) is 0 Å². The van der Waals surface area contributed by atoms with Crippen molar-refractivity contribution < 1.29 is 0 Å². The van der Waals surface area contributed by atoms with Crippen LogP contribution in [0, 0.1) is 29.6 Å². The molecule has 0 heterocycles. The first-order valence-corrected chi connectivity index (χ1v) is 8.53. The zero-order valence-corrected chi connectivity index (χ0v) is 13.1. The molecule has 0 aromatic heterocycles. The summed E-state index contributed by atoms with van der Waals surface area (Å²) >= 11 is 0. The highest BCUT2D eigenvalue weighted by atomic mass is 14.7. The molecule has 19 heavy (non-hydrogen) atoms. The Morgan fingerprint density at radius 2 is 1.37 bits per heavy atom. The maximum Gasteiger partial charge on any atom is 0.00988 e. The van der Waals surface area contributed by atoms with Gasteiger partial charge < -0.3 is 11.5 Å². The van der Waals surface area contributed by atoms with E-state index in [4.69, 9.17) is 11.5 Å². The fraction of sp³-hybridized carbons (Fsp3) is 1.00. The van der Waals surface area contributed by atoms with Crippen molar-refractivity contribution in [3.8, 4) is 0 Å². The van der Waals surface area contributed by atoms with Gasteiger partial charge in [-0.25, -0.2) is 0 Å². The standard InChI is InChI=1S/C17H34N2/c1-11-7-6-8-12(2)17(19)16-13(3)15(18)10-5-4-9-14(11)16/h11-17H,4-10,18-19H2,1-3H3/t11?,12?,13-,14?,15?,16?,17?/m0/s1. The van der Waals surface area contributed by atoms with E-state index >= 15 is 0 Å². The number of nitrogens with two attached hydrogens (primary N) is 2. The molecule has 0 saturated heterocycles. The second kappa shape index (κ2) is 6.58.